The van der Waals surface area contributed by atoms with E-state index >= 15 is 0 Å². The van der Waals surface area contributed by atoms with E-state index < -0.39 is 94.5 Å². The van der Waals surface area contributed by atoms with E-state index in [1.54, 1.807) is 0 Å². The number of rotatable bonds is 4. The second-order valence-corrected chi connectivity index (χ2v) is 12.0. The van der Waals surface area contributed by atoms with E-state index in [2.05, 4.69) is 0 Å². The predicted octanol–water partition coefficient (Wildman–Crippen LogP) is 0.929. The highest BCUT2D eigenvalue weighted by Gasteiger charge is 2.78. The van der Waals surface area contributed by atoms with Crippen molar-refractivity contribution in [2.75, 3.05) is 6.61 Å². The van der Waals surface area contributed by atoms with E-state index in [0.717, 1.165) is 27.7 Å². The number of ketones is 1. The highest BCUT2D eigenvalue weighted by Crippen LogP contribution is 2.64. The largest absolute Gasteiger partial charge is 0.461 e. The number of carbonyl (C=O) groups excluding carboxylic acids is 5. The summed E-state index contributed by atoms with van der Waals surface area (Å²) in [5.74, 6) is -5.49. The molecule has 3 aliphatic carbocycles. The second-order valence-electron chi connectivity index (χ2n) is 12.0. The van der Waals surface area contributed by atoms with Gasteiger partial charge in [-0.2, -0.15) is 0 Å². The molecule has 40 heavy (non-hydrogen) atoms. The first kappa shape index (κ1) is 28.7. The summed E-state index contributed by atoms with van der Waals surface area (Å²) in [4.78, 5) is 64.1. The fourth-order valence-corrected chi connectivity index (χ4v) is 7.48. The molecule has 0 radical (unpaired) electrons. The van der Waals surface area contributed by atoms with Crippen LogP contribution in [0.1, 0.15) is 69.6 Å². The van der Waals surface area contributed by atoms with Gasteiger partial charge in [0.15, 0.2) is 17.5 Å². The second kappa shape index (κ2) is 9.63. The first-order valence-corrected chi connectivity index (χ1v) is 13.2. The summed E-state index contributed by atoms with van der Waals surface area (Å²) in [7, 11) is 0. The van der Waals surface area contributed by atoms with Gasteiger partial charge in [0, 0.05) is 51.9 Å². The van der Waals surface area contributed by atoms with Crippen LogP contribution in [0.5, 0.6) is 0 Å². The van der Waals surface area contributed by atoms with Crippen LogP contribution in [0.25, 0.3) is 0 Å². The summed E-state index contributed by atoms with van der Waals surface area (Å²) >= 11 is 0. The summed E-state index contributed by atoms with van der Waals surface area (Å²) in [5.41, 5.74) is -7.45. The number of hydrogen-bond acceptors (Lipinski definition) is 12. The summed E-state index contributed by atoms with van der Waals surface area (Å²) < 4.78 is 37.3. The maximum atomic E-state index is 14.9. The smallest absolute Gasteiger partial charge is 0.303 e. The lowest BCUT2D eigenvalue weighted by molar-refractivity contribution is -0.347. The van der Waals surface area contributed by atoms with Gasteiger partial charge in [-0.1, -0.05) is 13.8 Å². The molecule has 9 atom stereocenters. The Kier molecular flexibility index (Phi) is 6.91. The molecule has 0 spiro atoms. The lowest BCUT2D eigenvalue weighted by atomic mass is 9.44. The first-order chi connectivity index (χ1) is 18.7. The Morgan fingerprint density at radius 1 is 0.975 bits per heavy atom. The molecule has 12 heteroatoms. The minimum atomic E-state index is -2.34. The highest BCUT2D eigenvalue weighted by atomic mass is 16.6. The Morgan fingerprint density at radius 2 is 1.55 bits per heavy atom. The van der Waals surface area contributed by atoms with Crippen LogP contribution in [0.3, 0.4) is 0 Å². The van der Waals surface area contributed by atoms with Crippen LogP contribution in [0.15, 0.2) is 11.1 Å². The zero-order valence-electron chi connectivity index (χ0n) is 25.0. The van der Waals surface area contributed by atoms with Crippen molar-refractivity contribution in [3.05, 3.63) is 11.1 Å². The minimum Gasteiger partial charge on any atom is -0.461 e. The summed E-state index contributed by atoms with van der Waals surface area (Å²) in [6, 6.07) is 0. The van der Waals surface area contributed by atoms with Crippen LogP contribution >= 0.6 is 0 Å². The molecule has 0 unspecified atom stereocenters. The molecule has 1 aliphatic heterocycles. The monoisotopic (exact) mass is 568 g/mol. The molecule has 2 saturated carbocycles. The van der Waals surface area contributed by atoms with Gasteiger partial charge in [-0.15, -0.1) is 0 Å². The number of esters is 4. The SMILES string of the molecule is [3H][C@]1(OC(C)=O)C[C@@]2(O)[C@@H](O)[C@@H]3[C@]4(OC(C)=O)CO[C@@H]4C[C@H](OC(C)=O)[C@@]3(C)C(=O)[C@H](OC(C)=O)C(=C1C)C2(C)C. The van der Waals surface area contributed by atoms with Crippen LogP contribution in [0, 0.1) is 16.7 Å². The van der Waals surface area contributed by atoms with Gasteiger partial charge in [-0.3, -0.25) is 24.0 Å². The third-order valence-electron chi connectivity index (χ3n) is 9.36. The number of aliphatic hydroxyl groups is 2. The highest BCUT2D eigenvalue weighted by molar-refractivity contribution is 5.95. The van der Waals surface area contributed by atoms with Crippen molar-refractivity contribution >= 4 is 29.7 Å². The van der Waals surface area contributed by atoms with E-state index in [1.807, 2.05) is 0 Å². The lowest BCUT2D eigenvalue weighted by Gasteiger charge is -2.67. The van der Waals surface area contributed by atoms with Crippen molar-refractivity contribution < 1.29 is 59.2 Å². The molecule has 0 aromatic heterocycles. The standard InChI is InChI=1S/C28H38O12/c1-12-17(37-13(2)29)10-28(35)24(34)22-26(8,23(33)21(39-15(4)31)20(12)25(28,6)7)18(38-14(3)30)9-19-27(22,11-36-19)40-16(5)32/h17-19,21-22,24,34-35H,9-11H2,1-8H3/t17-,18-,19+,21+,22-,24-,26+,27-,28+/m0/s1/i17T. The maximum absolute atomic E-state index is 14.9. The van der Waals surface area contributed by atoms with Crippen molar-refractivity contribution in [1.29, 1.82) is 0 Å². The third-order valence-corrected chi connectivity index (χ3v) is 9.36. The summed E-state index contributed by atoms with van der Waals surface area (Å²) in [5, 5.41) is 24.9. The van der Waals surface area contributed by atoms with Crippen molar-refractivity contribution in [3.63, 3.8) is 0 Å². The van der Waals surface area contributed by atoms with Crippen molar-refractivity contribution in [1.82, 2.24) is 0 Å². The topological polar surface area (TPSA) is 172 Å². The Morgan fingerprint density at radius 3 is 2.02 bits per heavy atom. The van der Waals surface area contributed by atoms with Gasteiger partial charge in [0.1, 0.15) is 23.9 Å². The van der Waals surface area contributed by atoms with Crippen molar-refractivity contribution in [2.45, 2.75) is 110 Å². The molecule has 0 amide bonds. The Labute approximate surface area is 233 Å². The quantitative estimate of drug-likeness (QED) is 0.280. The van der Waals surface area contributed by atoms with Crippen LogP contribution in [-0.4, -0.2) is 88.2 Å². The molecule has 2 bridgehead atoms. The molecule has 4 rings (SSSR count). The fourth-order valence-electron chi connectivity index (χ4n) is 7.48. The molecule has 12 nitrogen and oxygen atoms in total. The summed E-state index contributed by atoms with van der Waals surface area (Å²) in [6.45, 7) is 10.1. The zero-order valence-corrected chi connectivity index (χ0v) is 24.0. The van der Waals surface area contributed by atoms with Gasteiger partial charge in [-0.05, 0) is 25.0 Å². The predicted molar refractivity (Wildman–Crippen MR) is 134 cm³/mol. The van der Waals surface area contributed by atoms with Gasteiger partial charge < -0.3 is 33.9 Å². The summed E-state index contributed by atoms with van der Waals surface area (Å²) in [6.07, 6.45) is -8.87. The number of Topliss-reactive ketones (excluding diaryl/α,β-unsaturated/α-hetero) is 1. The third kappa shape index (κ3) is 4.09. The number of aliphatic hydroxyl groups excluding tert-OH is 1. The van der Waals surface area contributed by atoms with E-state index in [4.69, 9.17) is 25.1 Å². The molecule has 1 heterocycles. The molecule has 222 valence electrons. The first-order valence-electron chi connectivity index (χ1n) is 13.7. The lowest BCUT2D eigenvalue weighted by Crippen LogP contribution is -2.81. The Balaban J connectivity index is 2.12. The maximum Gasteiger partial charge on any atom is 0.303 e. The van der Waals surface area contributed by atoms with Gasteiger partial charge in [0.2, 0.25) is 0 Å². The van der Waals surface area contributed by atoms with Crippen LogP contribution in [0.4, 0.5) is 0 Å². The van der Waals surface area contributed by atoms with Gasteiger partial charge in [0.25, 0.3) is 0 Å². The molecule has 1 saturated heterocycles. The number of ether oxygens (including phenoxy) is 5. The Bertz CT molecular complexity index is 1240. The van der Waals surface area contributed by atoms with E-state index in [1.165, 1.54) is 27.7 Å². The molecule has 4 aliphatic rings. The number of hydrogen-bond donors (Lipinski definition) is 2. The van der Waals surface area contributed by atoms with Crippen molar-refractivity contribution in [3.8, 4) is 0 Å². The van der Waals surface area contributed by atoms with E-state index in [-0.39, 0.29) is 24.2 Å². The molecule has 0 aromatic carbocycles. The van der Waals surface area contributed by atoms with Crippen LogP contribution in [-0.2, 0) is 47.7 Å². The van der Waals surface area contributed by atoms with Gasteiger partial charge >= 0.3 is 23.9 Å². The van der Waals surface area contributed by atoms with Crippen molar-refractivity contribution in [2.24, 2.45) is 16.7 Å². The van der Waals surface area contributed by atoms with E-state index in [0.29, 0.717) is 0 Å². The zero-order chi connectivity index (χ0) is 31.1. The van der Waals surface area contributed by atoms with Crippen LogP contribution < -0.4 is 0 Å². The molecular formula is C28H38O12. The molecule has 3 fully saturated rings. The Hall–Kier alpha value is -2.83. The van der Waals surface area contributed by atoms with Gasteiger partial charge in [0.05, 0.1) is 19.5 Å². The number of fused-ring (bicyclic) bond motifs is 5. The number of carbonyl (C=O) groups is 5. The van der Waals surface area contributed by atoms with E-state index in [9.17, 15) is 34.2 Å². The van der Waals surface area contributed by atoms with Gasteiger partial charge in [-0.25, -0.2) is 0 Å². The average Bonchev–Trinajstić information content (AvgIpc) is 2.80. The molecular weight excluding hydrogens is 528 g/mol. The minimum absolute atomic E-state index is 0.0310. The average molecular weight is 569 g/mol. The molecule has 0 aromatic rings. The molecule has 2 N–H and O–H groups in total. The fraction of sp³-hybridized carbons (Fsp3) is 0.750. The van der Waals surface area contributed by atoms with Crippen LogP contribution in [0.2, 0.25) is 0 Å². The normalized spacial score (nSPS) is 43.9.